The predicted molar refractivity (Wildman–Crippen MR) is 92.2 cm³/mol. The molecule has 2 aliphatic heterocycles. The van der Waals surface area contributed by atoms with Crippen molar-refractivity contribution < 1.29 is 19.4 Å². The van der Waals surface area contributed by atoms with Crippen LogP contribution in [0, 0.1) is 0 Å². The number of para-hydroxylation sites is 1. The Bertz CT molecular complexity index is 1140. The second-order valence-electron chi connectivity index (χ2n) is 6.78. The van der Waals surface area contributed by atoms with Crippen molar-refractivity contribution in [2.45, 2.75) is 25.0 Å². The molecule has 0 unspecified atom stereocenters. The van der Waals surface area contributed by atoms with Crippen molar-refractivity contribution in [1.29, 1.82) is 0 Å². The molecule has 0 saturated carbocycles. The van der Waals surface area contributed by atoms with Crippen LogP contribution in [0.25, 0.3) is 27.6 Å². The monoisotopic (exact) mass is 333 g/mol. The summed E-state index contributed by atoms with van der Waals surface area (Å²) in [5, 5.41) is 23.5. The van der Waals surface area contributed by atoms with Crippen LogP contribution >= 0.6 is 0 Å². The Morgan fingerprint density at radius 3 is 2.28 bits per heavy atom. The van der Waals surface area contributed by atoms with Crippen LogP contribution in [0.4, 0.5) is 0 Å². The maximum absolute atomic E-state index is 10.7. The maximum atomic E-state index is 10.7. The van der Waals surface area contributed by atoms with Gasteiger partial charge in [0.05, 0.1) is 29.0 Å². The highest BCUT2D eigenvalue weighted by atomic mass is 16.5. The van der Waals surface area contributed by atoms with Gasteiger partial charge in [-0.1, -0.05) is 18.2 Å². The van der Waals surface area contributed by atoms with Crippen LogP contribution in [0.3, 0.4) is 0 Å². The third kappa shape index (κ3) is 1.56. The molecule has 1 saturated heterocycles. The van der Waals surface area contributed by atoms with Crippen LogP contribution in [-0.2, 0) is 4.74 Å². The summed E-state index contributed by atoms with van der Waals surface area (Å²) in [6.45, 7) is 0. The molecule has 4 aromatic rings. The molecular weight excluding hydrogens is 318 g/mol. The lowest BCUT2D eigenvalue weighted by Crippen LogP contribution is -1.96. The molecule has 124 valence electrons. The van der Waals surface area contributed by atoms with E-state index in [9.17, 15) is 10.2 Å². The molecule has 1 fully saturated rings. The Labute approximate surface area is 142 Å². The Hall–Kier alpha value is -2.92. The first-order chi connectivity index (χ1) is 12.2. The van der Waals surface area contributed by atoms with Gasteiger partial charge in [-0.05, 0) is 31.0 Å². The standard InChI is InChI=1S/C20H15NO4/c22-19-17-14-7-8-15(25-14)18(17)20(23)21(19)10-5-6-12-11-3-1-2-4-13(11)24-16(12)9-10/h1-6,9,14-15,22-23H,7-8H2/t14-,15+. The van der Waals surface area contributed by atoms with E-state index in [1.807, 2.05) is 42.5 Å². The first-order valence-electron chi connectivity index (χ1n) is 8.46. The molecule has 2 aromatic heterocycles. The van der Waals surface area contributed by atoms with Crippen LogP contribution in [0.2, 0.25) is 0 Å². The highest BCUT2D eigenvalue weighted by Gasteiger charge is 2.45. The zero-order chi connectivity index (χ0) is 16.7. The summed E-state index contributed by atoms with van der Waals surface area (Å²) in [5.74, 6) is 0.130. The molecule has 5 heteroatoms. The number of hydrogen-bond donors (Lipinski definition) is 2. The summed E-state index contributed by atoms with van der Waals surface area (Å²) in [6, 6.07) is 13.6. The zero-order valence-corrected chi connectivity index (χ0v) is 13.3. The first kappa shape index (κ1) is 13.4. The van der Waals surface area contributed by atoms with E-state index >= 15 is 0 Å². The van der Waals surface area contributed by atoms with Crippen LogP contribution in [-0.4, -0.2) is 14.8 Å². The number of aromatic nitrogens is 1. The molecule has 2 aromatic carbocycles. The van der Waals surface area contributed by atoms with Crippen molar-refractivity contribution in [1.82, 2.24) is 4.57 Å². The number of hydrogen-bond acceptors (Lipinski definition) is 4. The number of benzene rings is 2. The highest BCUT2D eigenvalue weighted by Crippen LogP contribution is 2.58. The molecule has 25 heavy (non-hydrogen) atoms. The van der Waals surface area contributed by atoms with Crippen molar-refractivity contribution in [2.24, 2.45) is 0 Å². The number of furan rings is 1. The smallest absolute Gasteiger partial charge is 0.205 e. The molecule has 0 amide bonds. The number of ether oxygens (including phenoxy) is 1. The fourth-order valence-corrected chi connectivity index (χ4v) is 4.38. The van der Waals surface area contributed by atoms with E-state index in [1.165, 1.54) is 4.57 Å². The van der Waals surface area contributed by atoms with Gasteiger partial charge >= 0.3 is 0 Å². The van der Waals surface area contributed by atoms with Gasteiger partial charge in [-0.2, -0.15) is 0 Å². The van der Waals surface area contributed by atoms with E-state index in [0.717, 1.165) is 45.9 Å². The summed E-state index contributed by atoms with van der Waals surface area (Å²) in [5.41, 5.74) is 3.70. The summed E-state index contributed by atoms with van der Waals surface area (Å²) >= 11 is 0. The first-order valence-corrected chi connectivity index (χ1v) is 8.46. The lowest BCUT2D eigenvalue weighted by Gasteiger charge is -2.10. The minimum Gasteiger partial charge on any atom is -0.494 e. The fourth-order valence-electron chi connectivity index (χ4n) is 4.38. The number of rotatable bonds is 1. The van der Waals surface area contributed by atoms with E-state index in [-0.39, 0.29) is 24.0 Å². The predicted octanol–water partition coefficient (Wildman–Crippen LogP) is 4.69. The molecule has 2 bridgehead atoms. The van der Waals surface area contributed by atoms with Crippen LogP contribution in [0.1, 0.15) is 36.2 Å². The summed E-state index contributed by atoms with van der Waals surface area (Å²) in [7, 11) is 0. The van der Waals surface area contributed by atoms with Gasteiger partial charge in [0.2, 0.25) is 11.8 Å². The van der Waals surface area contributed by atoms with Gasteiger partial charge in [0.1, 0.15) is 11.2 Å². The summed E-state index contributed by atoms with van der Waals surface area (Å²) < 4.78 is 13.2. The van der Waals surface area contributed by atoms with Crippen molar-refractivity contribution in [2.75, 3.05) is 0 Å². The topological polar surface area (TPSA) is 67.8 Å². The summed E-state index contributed by atoms with van der Waals surface area (Å²) in [4.78, 5) is 0. The molecular formula is C20H15NO4. The second-order valence-corrected chi connectivity index (χ2v) is 6.78. The Kier molecular flexibility index (Phi) is 2.34. The molecule has 5 nitrogen and oxygen atoms in total. The third-order valence-electron chi connectivity index (χ3n) is 5.48. The quantitative estimate of drug-likeness (QED) is 0.530. The summed E-state index contributed by atoms with van der Waals surface area (Å²) in [6.07, 6.45) is 1.55. The molecule has 6 rings (SSSR count). The van der Waals surface area contributed by atoms with Crippen LogP contribution in [0.15, 0.2) is 46.9 Å². The molecule has 2 atom stereocenters. The lowest BCUT2D eigenvalue weighted by atomic mass is 9.95. The zero-order valence-electron chi connectivity index (χ0n) is 13.3. The average Bonchev–Trinajstić information content (AvgIpc) is 3.36. The van der Waals surface area contributed by atoms with E-state index in [2.05, 4.69) is 0 Å². The van der Waals surface area contributed by atoms with E-state index < -0.39 is 0 Å². The van der Waals surface area contributed by atoms with Gasteiger partial charge in [0.25, 0.3) is 0 Å². The largest absolute Gasteiger partial charge is 0.494 e. The number of nitrogens with zero attached hydrogens (tertiary/aromatic N) is 1. The van der Waals surface area contributed by atoms with Crippen LogP contribution in [0.5, 0.6) is 11.8 Å². The minimum atomic E-state index is -0.109. The minimum absolute atomic E-state index is 0.0650. The number of fused-ring (bicyclic) bond motifs is 8. The van der Waals surface area contributed by atoms with Gasteiger partial charge in [-0.15, -0.1) is 0 Å². The molecule has 0 aliphatic carbocycles. The van der Waals surface area contributed by atoms with E-state index in [1.54, 1.807) is 0 Å². The fraction of sp³-hybridized carbons (Fsp3) is 0.200. The third-order valence-corrected chi connectivity index (χ3v) is 5.48. The highest BCUT2D eigenvalue weighted by molar-refractivity contribution is 6.05. The molecule has 0 spiro atoms. The molecule has 2 aliphatic rings. The van der Waals surface area contributed by atoms with E-state index in [0.29, 0.717) is 5.69 Å². The van der Waals surface area contributed by atoms with Gasteiger partial charge < -0.3 is 19.4 Å². The SMILES string of the molecule is Oc1c2c(c(O)n1-c1ccc3c(c1)oc1ccccc13)[C@H]1CC[C@@H]2O1. The van der Waals surface area contributed by atoms with Crippen molar-refractivity contribution in [3.05, 3.63) is 53.6 Å². The molecule has 2 N–H and O–H groups in total. The van der Waals surface area contributed by atoms with Crippen LogP contribution < -0.4 is 0 Å². The normalized spacial score (nSPS) is 21.4. The lowest BCUT2D eigenvalue weighted by molar-refractivity contribution is 0.0683. The average molecular weight is 333 g/mol. The maximum Gasteiger partial charge on any atom is 0.205 e. The van der Waals surface area contributed by atoms with Gasteiger partial charge in [-0.3, -0.25) is 4.57 Å². The molecule has 4 heterocycles. The Balaban J connectivity index is 1.60. The van der Waals surface area contributed by atoms with Gasteiger partial charge in [0, 0.05) is 16.8 Å². The number of aromatic hydroxyl groups is 2. The van der Waals surface area contributed by atoms with E-state index in [4.69, 9.17) is 9.15 Å². The Morgan fingerprint density at radius 1 is 0.840 bits per heavy atom. The van der Waals surface area contributed by atoms with Crippen molar-refractivity contribution >= 4 is 21.9 Å². The van der Waals surface area contributed by atoms with Gasteiger partial charge in [-0.25, -0.2) is 0 Å². The second kappa shape index (κ2) is 4.37. The molecule has 0 radical (unpaired) electrons. The van der Waals surface area contributed by atoms with Crippen molar-refractivity contribution in [3.63, 3.8) is 0 Å². The van der Waals surface area contributed by atoms with Gasteiger partial charge in [0.15, 0.2) is 0 Å². The van der Waals surface area contributed by atoms with Crippen molar-refractivity contribution in [3.8, 4) is 17.4 Å². The Morgan fingerprint density at radius 2 is 1.52 bits per heavy atom.